The quantitative estimate of drug-likeness (QED) is 0.904. The van der Waals surface area contributed by atoms with Gasteiger partial charge in [0.2, 0.25) is 11.9 Å². The van der Waals surface area contributed by atoms with E-state index in [1.54, 1.807) is 31.3 Å². The van der Waals surface area contributed by atoms with Crippen molar-refractivity contribution >= 4 is 46.6 Å². The molecule has 1 aromatic heterocycles. The van der Waals surface area contributed by atoms with E-state index in [4.69, 9.17) is 23.2 Å². The first-order valence-corrected chi connectivity index (χ1v) is 8.35. The molecule has 24 heavy (non-hydrogen) atoms. The summed E-state index contributed by atoms with van der Waals surface area (Å²) in [5, 5.41) is 4.08. The molecule has 1 aliphatic heterocycles. The van der Waals surface area contributed by atoms with Gasteiger partial charge in [0.05, 0.1) is 15.7 Å². The van der Waals surface area contributed by atoms with Crippen LogP contribution < -0.4 is 10.2 Å². The number of hydrogen-bond donors (Lipinski definition) is 1. The van der Waals surface area contributed by atoms with Crippen molar-refractivity contribution in [1.29, 1.82) is 0 Å². The molecule has 6 nitrogen and oxygen atoms in total. The van der Waals surface area contributed by atoms with Crippen LogP contribution in [0, 0.1) is 0 Å². The van der Waals surface area contributed by atoms with Crippen molar-refractivity contribution in [2.75, 3.05) is 36.4 Å². The maximum Gasteiger partial charge on any atom is 0.229 e. The summed E-state index contributed by atoms with van der Waals surface area (Å²) in [6.45, 7) is 4.46. The van der Waals surface area contributed by atoms with E-state index < -0.39 is 0 Å². The number of carbonyl (C=O) groups is 1. The van der Waals surface area contributed by atoms with Crippen molar-refractivity contribution in [3.8, 4) is 0 Å². The fourth-order valence-corrected chi connectivity index (χ4v) is 3.06. The molecule has 1 aromatic carbocycles. The van der Waals surface area contributed by atoms with Gasteiger partial charge >= 0.3 is 0 Å². The number of para-hydroxylation sites is 1. The Morgan fingerprint density at radius 2 is 1.79 bits per heavy atom. The molecule has 0 spiro atoms. The predicted octanol–water partition coefficient (Wildman–Crippen LogP) is 3.20. The maximum atomic E-state index is 11.4. The van der Waals surface area contributed by atoms with Crippen molar-refractivity contribution in [3.05, 3.63) is 40.5 Å². The molecule has 126 valence electrons. The van der Waals surface area contributed by atoms with Gasteiger partial charge in [0.25, 0.3) is 0 Å². The Morgan fingerprint density at radius 1 is 1.12 bits per heavy atom. The minimum Gasteiger partial charge on any atom is -0.353 e. The van der Waals surface area contributed by atoms with Gasteiger partial charge in [0, 0.05) is 39.3 Å². The average molecular weight is 366 g/mol. The van der Waals surface area contributed by atoms with Crippen molar-refractivity contribution in [2.24, 2.45) is 0 Å². The number of aromatic nitrogens is 2. The fraction of sp³-hybridized carbons (Fsp3) is 0.312. The summed E-state index contributed by atoms with van der Waals surface area (Å²) < 4.78 is 0. The molecule has 1 N–H and O–H groups in total. The van der Waals surface area contributed by atoms with Crippen LogP contribution in [-0.4, -0.2) is 47.0 Å². The van der Waals surface area contributed by atoms with Gasteiger partial charge in [0.1, 0.15) is 5.82 Å². The van der Waals surface area contributed by atoms with E-state index in [1.165, 1.54) is 0 Å². The number of halogens is 2. The highest BCUT2D eigenvalue weighted by atomic mass is 35.5. The third kappa shape index (κ3) is 3.71. The fourth-order valence-electron chi connectivity index (χ4n) is 2.57. The van der Waals surface area contributed by atoms with E-state index in [9.17, 15) is 4.79 Å². The van der Waals surface area contributed by atoms with E-state index in [-0.39, 0.29) is 5.91 Å². The Balaban J connectivity index is 1.74. The topological polar surface area (TPSA) is 61.4 Å². The van der Waals surface area contributed by atoms with E-state index in [2.05, 4.69) is 20.2 Å². The van der Waals surface area contributed by atoms with Crippen LogP contribution in [0.2, 0.25) is 10.0 Å². The Hall–Kier alpha value is -2.05. The lowest BCUT2D eigenvalue weighted by Crippen LogP contribution is -2.48. The summed E-state index contributed by atoms with van der Waals surface area (Å²) in [6, 6.07) is 7.13. The molecule has 1 saturated heterocycles. The number of hydrogen-bond acceptors (Lipinski definition) is 5. The highest BCUT2D eigenvalue weighted by Gasteiger charge is 2.20. The molecule has 3 rings (SSSR count). The molecule has 2 aromatic rings. The van der Waals surface area contributed by atoms with Crippen molar-refractivity contribution in [1.82, 2.24) is 14.9 Å². The number of nitrogens with zero attached hydrogens (tertiary/aromatic N) is 4. The minimum absolute atomic E-state index is 0.105. The Morgan fingerprint density at radius 3 is 2.42 bits per heavy atom. The Kier molecular flexibility index (Phi) is 5.06. The van der Waals surface area contributed by atoms with Crippen LogP contribution >= 0.6 is 23.2 Å². The monoisotopic (exact) mass is 365 g/mol. The highest BCUT2D eigenvalue weighted by molar-refractivity contribution is 6.39. The molecule has 0 unspecified atom stereocenters. The summed E-state index contributed by atoms with van der Waals surface area (Å²) in [4.78, 5) is 24.1. The second kappa shape index (κ2) is 7.23. The molecule has 2 heterocycles. The van der Waals surface area contributed by atoms with Crippen LogP contribution in [-0.2, 0) is 4.79 Å². The predicted molar refractivity (Wildman–Crippen MR) is 96.2 cm³/mol. The van der Waals surface area contributed by atoms with Gasteiger partial charge < -0.3 is 15.1 Å². The minimum atomic E-state index is 0.105. The maximum absolute atomic E-state index is 11.4. The molecular weight excluding hydrogens is 349 g/mol. The number of rotatable bonds is 3. The first kappa shape index (κ1) is 16.8. The van der Waals surface area contributed by atoms with Gasteiger partial charge in [-0.1, -0.05) is 29.3 Å². The summed E-state index contributed by atoms with van der Waals surface area (Å²) in [5.74, 6) is 1.34. The number of anilines is 3. The largest absolute Gasteiger partial charge is 0.353 e. The molecule has 1 aliphatic rings. The smallest absolute Gasteiger partial charge is 0.229 e. The third-order valence-corrected chi connectivity index (χ3v) is 4.52. The molecule has 1 amide bonds. The zero-order valence-electron chi connectivity index (χ0n) is 13.2. The van der Waals surface area contributed by atoms with Crippen LogP contribution in [0.5, 0.6) is 0 Å². The number of amides is 1. The SMILES string of the molecule is CC(=O)N1CCN(c2ccnc(Nc3c(Cl)cccc3Cl)n2)CC1. The molecule has 1 fully saturated rings. The Labute approximate surface area is 150 Å². The molecule has 0 radical (unpaired) electrons. The van der Waals surface area contributed by atoms with Crippen LogP contribution in [0.4, 0.5) is 17.5 Å². The Bertz CT molecular complexity index is 727. The van der Waals surface area contributed by atoms with Crippen LogP contribution in [0.25, 0.3) is 0 Å². The van der Waals surface area contributed by atoms with Crippen molar-refractivity contribution in [3.63, 3.8) is 0 Å². The van der Waals surface area contributed by atoms with Crippen LogP contribution in [0.15, 0.2) is 30.5 Å². The lowest BCUT2D eigenvalue weighted by atomic mass is 10.3. The molecule has 0 saturated carbocycles. The normalized spacial score (nSPS) is 14.6. The molecule has 0 aliphatic carbocycles. The third-order valence-electron chi connectivity index (χ3n) is 3.89. The van der Waals surface area contributed by atoms with E-state index in [1.807, 2.05) is 11.0 Å². The lowest BCUT2D eigenvalue weighted by molar-refractivity contribution is -0.129. The summed E-state index contributed by atoms with van der Waals surface area (Å²) in [6.07, 6.45) is 1.69. The van der Waals surface area contributed by atoms with E-state index in [0.29, 0.717) is 34.8 Å². The van der Waals surface area contributed by atoms with E-state index >= 15 is 0 Å². The summed E-state index contributed by atoms with van der Waals surface area (Å²) >= 11 is 12.3. The molecule has 0 atom stereocenters. The first-order chi connectivity index (χ1) is 11.5. The van der Waals surface area contributed by atoms with Gasteiger partial charge in [-0.3, -0.25) is 4.79 Å². The zero-order chi connectivity index (χ0) is 17.1. The van der Waals surface area contributed by atoms with Crippen LogP contribution in [0.3, 0.4) is 0 Å². The molecule has 0 bridgehead atoms. The standard InChI is InChI=1S/C16H17Cl2N5O/c1-11(24)22-7-9-23(10-8-22)14-5-6-19-16(20-14)21-15-12(17)3-2-4-13(15)18/h2-6H,7-10H2,1H3,(H,19,20,21). The van der Waals surface area contributed by atoms with Gasteiger partial charge in [-0.25, -0.2) is 4.98 Å². The highest BCUT2D eigenvalue weighted by Crippen LogP contribution is 2.31. The summed E-state index contributed by atoms with van der Waals surface area (Å²) in [7, 11) is 0. The van der Waals surface area contributed by atoms with Gasteiger partial charge in [-0.2, -0.15) is 4.98 Å². The second-order valence-electron chi connectivity index (χ2n) is 5.45. The number of nitrogens with one attached hydrogen (secondary N) is 1. The number of carbonyl (C=O) groups excluding carboxylic acids is 1. The average Bonchev–Trinajstić information content (AvgIpc) is 2.59. The number of piperazine rings is 1. The van der Waals surface area contributed by atoms with Gasteiger partial charge in [0.15, 0.2) is 0 Å². The van der Waals surface area contributed by atoms with Crippen molar-refractivity contribution < 1.29 is 4.79 Å². The summed E-state index contributed by atoms with van der Waals surface area (Å²) in [5.41, 5.74) is 0.583. The lowest BCUT2D eigenvalue weighted by Gasteiger charge is -2.34. The zero-order valence-corrected chi connectivity index (χ0v) is 14.7. The van der Waals surface area contributed by atoms with Crippen LogP contribution in [0.1, 0.15) is 6.92 Å². The van der Waals surface area contributed by atoms with E-state index in [0.717, 1.165) is 18.9 Å². The van der Waals surface area contributed by atoms with Crippen molar-refractivity contribution in [2.45, 2.75) is 6.92 Å². The molecular formula is C16H17Cl2N5O. The van der Waals surface area contributed by atoms with Gasteiger partial charge in [-0.15, -0.1) is 0 Å². The van der Waals surface area contributed by atoms with Gasteiger partial charge in [-0.05, 0) is 18.2 Å². The first-order valence-electron chi connectivity index (χ1n) is 7.59. The second-order valence-corrected chi connectivity index (χ2v) is 6.27. The molecule has 8 heteroatoms. The number of benzene rings is 1.